The van der Waals surface area contributed by atoms with Crippen LogP contribution in [0, 0.1) is 11.8 Å². The van der Waals surface area contributed by atoms with Gasteiger partial charge in [-0.1, -0.05) is 54.6 Å². The van der Waals surface area contributed by atoms with Gasteiger partial charge in [0, 0.05) is 25.1 Å². The minimum atomic E-state index is -0.898. The van der Waals surface area contributed by atoms with Crippen LogP contribution in [0.5, 0.6) is 0 Å². The third-order valence-electron chi connectivity index (χ3n) is 6.59. The van der Waals surface area contributed by atoms with Crippen LogP contribution in [0.2, 0.25) is 0 Å². The van der Waals surface area contributed by atoms with Gasteiger partial charge in [0.1, 0.15) is 0 Å². The number of rotatable bonds is 6. The van der Waals surface area contributed by atoms with Gasteiger partial charge in [-0.2, -0.15) is 0 Å². The number of carbonyl (C=O) groups excluding carboxylic acids is 1. The molecule has 1 aliphatic carbocycles. The zero-order valence-electron chi connectivity index (χ0n) is 17.3. The standard InChI is InChI=1S/C25H31NO3/c1-24(2,28)22-10-8-19(9-11-22)23(27)17-26-15-20-13-25(29,14-21(20)16-26)12-18-6-4-3-5-7-18/h3-11,20-21,28-29H,12-17H2,1-2H3/t20-,21+,25+. The Labute approximate surface area is 173 Å². The first-order valence-electron chi connectivity index (χ1n) is 10.6. The van der Waals surface area contributed by atoms with Crippen molar-refractivity contribution in [1.29, 1.82) is 0 Å². The molecule has 1 saturated carbocycles. The summed E-state index contributed by atoms with van der Waals surface area (Å²) in [7, 11) is 0. The predicted molar refractivity (Wildman–Crippen MR) is 114 cm³/mol. The molecule has 2 N–H and O–H groups in total. The van der Waals surface area contributed by atoms with E-state index in [0.717, 1.165) is 31.5 Å². The summed E-state index contributed by atoms with van der Waals surface area (Å²) in [6.07, 6.45) is 2.35. The van der Waals surface area contributed by atoms with Gasteiger partial charge >= 0.3 is 0 Å². The predicted octanol–water partition coefficient (Wildman–Crippen LogP) is 3.41. The summed E-state index contributed by atoms with van der Waals surface area (Å²) >= 11 is 0. The van der Waals surface area contributed by atoms with Crippen molar-refractivity contribution in [3.05, 3.63) is 71.3 Å². The van der Waals surface area contributed by atoms with Gasteiger partial charge in [0.15, 0.2) is 5.78 Å². The van der Waals surface area contributed by atoms with Gasteiger partial charge in [-0.3, -0.25) is 9.69 Å². The molecule has 154 valence electrons. The summed E-state index contributed by atoms with van der Waals surface area (Å²) in [5.41, 5.74) is 1.18. The van der Waals surface area contributed by atoms with Gasteiger partial charge in [-0.15, -0.1) is 0 Å². The lowest BCUT2D eigenvalue weighted by atomic mass is 9.91. The Morgan fingerprint density at radius 3 is 2.17 bits per heavy atom. The fourth-order valence-corrected chi connectivity index (χ4v) is 5.17. The maximum absolute atomic E-state index is 12.7. The lowest BCUT2D eigenvalue weighted by molar-refractivity contribution is 0.0355. The Hall–Kier alpha value is -2.01. The Kier molecular flexibility index (Phi) is 5.36. The van der Waals surface area contributed by atoms with Gasteiger partial charge in [0.2, 0.25) is 0 Å². The van der Waals surface area contributed by atoms with Crippen molar-refractivity contribution in [2.75, 3.05) is 19.6 Å². The molecule has 1 heterocycles. The van der Waals surface area contributed by atoms with E-state index in [1.165, 1.54) is 5.56 Å². The number of aliphatic hydroxyl groups is 2. The number of hydrogen-bond acceptors (Lipinski definition) is 4. The molecular weight excluding hydrogens is 362 g/mol. The van der Waals surface area contributed by atoms with Crippen molar-refractivity contribution in [3.8, 4) is 0 Å². The van der Waals surface area contributed by atoms with E-state index >= 15 is 0 Å². The number of Topliss-reactive ketones (excluding diaryl/α,β-unsaturated/α-hetero) is 1. The maximum Gasteiger partial charge on any atom is 0.176 e. The topological polar surface area (TPSA) is 60.8 Å². The summed E-state index contributed by atoms with van der Waals surface area (Å²) < 4.78 is 0. The second kappa shape index (κ2) is 7.67. The smallest absolute Gasteiger partial charge is 0.176 e. The lowest BCUT2D eigenvalue weighted by Gasteiger charge is -2.26. The Morgan fingerprint density at radius 1 is 1.03 bits per heavy atom. The van der Waals surface area contributed by atoms with Gasteiger partial charge in [-0.25, -0.2) is 0 Å². The van der Waals surface area contributed by atoms with E-state index in [9.17, 15) is 15.0 Å². The van der Waals surface area contributed by atoms with Crippen LogP contribution in [-0.4, -0.2) is 46.1 Å². The molecule has 4 rings (SSSR count). The first-order chi connectivity index (χ1) is 13.7. The van der Waals surface area contributed by atoms with Crippen molar-refractivity contribution < 1.29 is 15.0 Å². The summed E-state index contributed by atoms with van der Waals surface area (Å²) in [4.78, 5) is 14.9. The van der Waals surface area contributed by atoms with Crippen LogP contribution in [0.4, 0.5) is 0 Å². The van der Waals surface area contributed by atoms with Crippen LogP contribution in [0.15, 0.2) is 54.6 Å². The van der Waals surface area contributed by atoms with Crippen LogP contribution in [0.3, 0.4) is 0 Å². The molecule has 4 heteroatoms. The molecular formula is C25H31NO3. The van der Waals surface area contributed by atoms with Gasteiger partial charge in [0.05, 0.1) is 17.7 Å². The molecule has 0 aromatic heterocycles. The van der Waals surface area contributed by atoms with E-state index in [0.29, 0.717) is 30.4 Å². The number of carbonyl (C=O) groups is 1. The molecule has 29 heavy (non-hydrogen) atoms. The highest BCUT2D eigenvalue weighted by molar-refractivity contribution is 5.97. The maximum atomic E-state index is 12.7. The third-order valence-corrected chi connectivity index (χ3v) is 6.59. The fourth-order valence-electron chi connectivity index (χ4n) is 5.17. The minimum Gasteiger partial charge on any atom is -0.390 e. The average molecular weight is 394 g/mol. The number of nitrogens with zero attached hydrogens (tertiary/aromatic N) is 1. The van der Waals surface area contributed by atoms with E-state index in [2.05, 4.69) is 17.0 Å². The normalized spacial score (nSPS) is 27.2. The van der Waals surface area contributed by atoms with Crippen molar-refractivity contribution in [3.63, 3.8) is 0 Å². The van der Waals surface area contributed by atoms with Crippen LogP contribution >= 0.6 is 0 Å². The fraction of sp³-hybridized carbons (Fsp3) is 0.480. The van der Waals surface area contributed by atoms with Crippen molar-refractivity contribution in [2.45, 2.75) is 44.3 Å². The summed E-state index contributed by atoms with van der Waals surface area (Å²) in [6.45, 7) is 5.67. The molecule has 0 amide bonds. The van der Waals surface area contributed by atoms with Crippen molar-refractivity contribution in [1.82, 2.24) is 4.90 Å². The number of hydrogen-bond donors (Lipinski definition) is 2. The number of ketones is 1. The largest absolute Gasteiger partial charge is 0.390 e. The van der Waals surface area contributed by atoms with E-state index < -0.39 is 11.2 Å². The summed E-state index contributed by atoms with van der Waals surface area (Å²) in [5.74, 6) is 1.05. The molecule has 2 fully saturated rings. The molecule has 1 saturated heterocycles. The van der Waals surface area contributed by atoms with Gasteiger partial charge < -0.3 is 10.2 Å². The monoisotopic (exact) mass is 393 g/mol. The molecule has 0 bridgehead atoms. The molecule has 2 aromatic carbocycles. The van der Waals surface area contributed by atoms with Crippen LogP contribution in [0.25, 0.3) is 0 Å². The van der Waals surface area contributed by atoms with Crippen molar-refractivity contribution in [2.24, 2.45) is 11.8 Å². The van der Waals surface area contributed by atoms with Crippen LogP contribution in [0.1, 0.15) is 48.2 Å². The highest BCUT2D eigenvalue weighted by Gasteiger charge is 2.48. The minimum absolute atomic E-state index is 0.117. The second-order valence-electron chi connectivity index (χ2n) is 9.57. The van der Waals surface area contributed by atoms with E-state index in [4.69, 9.17) is 0 Å². The van der Waals surface area contributed by atoms with E-state index in [-0.39, 0.29) is 5.78 Å². The average Bonchev–Trinajstić information content (AvgIpc) is 3.15. The quantitative estimate of drug-likeness (QED) is 0.739. The first kappa shape index (κ1) is 20.3. The Bertz CT molecular complexity index is 840. The highest BCUT2D eigenvalue weighted by atomic mass is 16.3. The molecule has 4 nitrogen and oxygen atoms in total. The second-order valence-corrected chi connectivity index (χ2v) is 9.57. The Balaban J connectivity index is 1.32. The van der Waals surface area contributed by atoms with Crippen molar-refractivity contribution >= 4 is 5.78 Å². The molecule has 1 aliphatic heterocycles. The molecule has 0 unspecified atom stereocenters. The number of likely N-dealkylation sites (tertiary alicyclic amines) is 1. The third kappa shape index (κ3) is 4.61. The first-order valence-corrected chi connectivity index (χ1v) is 10.6. The molecule has 2 aliphatic rings. The molecule has 0 radical (unpaired) electrons. The highest BCUT2D eigenvalue weighted by Crippen LogP contribution is 2.45. The SMILES string of the molecule is CC(C)(O)c1ccc(C(=O)CN2C[C@@H]3C[C@](O)(Cc4ccccc4)C[C@@H]3C2)cc1. The summed E-state index contributed by atoms with van der Waals surface area (Å²) in [5, 5.41) is 21.1. The molecule has 0 spiro atoms. The lowest BCUT2D eigenvalue weighted by Crippen LogP contribution is -2.34. The van der Waals surface area contributed by atoms with Gasteiger partial charge in [-0.05, 0) is 49.7 Å². The zero-order chi connectivity index (χ0) is 20.6. The molecule has 2 aromatic rings. The number of fused-ring (bicyclic) bond motifs is 1. The van der Waals surface area contributed by atoms with Crippen LogP contribution < -0.4 is 0 Å². The van der Waals surface area contributed by atoms with Crippen LogP contribution in [-0.2, 0) is 12.0 Å². The zero-order valence-corrected chi connectivity index (χ0v) is 17.3. The molecule has 3 atom stereocenters. The Morgan fingerprint density at radius 2 is 1.62 bits per heavy atom. The van der Waals surface area contributed by atoms with Gasteiger partial charge in [0.25, 0.3) is 0 Å². The number of benzene rings is 2. The van der Waals surface area contributed by atoms with E-state index in [1.54, 1.807) is 13.8 Å². The van der Waals surface area contributed by atoms with E-state index in [1.807, 2.05) is 42.5 Å². The summed E-state index contributed by atoms with van der Waals surface area (Å²) in [6, 6.07) is 17.5.